The maximum atomic E-state index is 12.3. The van der Waals surface area contributed by atoms with Crippen molar-refractivity contribution in [1.82, 2.24) is 0 Å². The quantitative estimate of drug-likeness (QED) is 0.296. The summed E-state index contributed by atoms with van der Waals surface area (Å²) in [5, 5.41) is 12.3. The molecule has 5 aromatic rings. The zero-order chi connectivity index (χ0) is 23.7. The minimum atomic E-state index is -3.67. The first-order chi connectivity index (χ1) is 17.2. The van der Waals surface area contributed by atoms with Gasteiger partial charge in [-0.25, -0.2) is 0 Å². The second-order valence-corrected chi connectivity index (χ2v) is 19.6. The van der Waals surface area contributed by atoms with Gasteiger partial charge < -0.3 is 0 Å². The molecule has 1 N–H and O–H groups in total. The van der Waals surface area contributed by atoms with Crippen LogP contribution in [0.4, 0.5) is 0 Å². The van der Waals surface area contributed by atoms with E-state index in [1.54, 1.807) is 0 Å². The molecule has 0 aromatic heterocycles. The Kier molecular flexibility index (Phi) is 5.67. The maximum absolute atomic E-state index is 12.3. The summed E-state index contributed by atoms with van der Waals surface area (Å²) in [6.07, 6.45) is 2.10. The molecule has 2 heteroatoms. The molecule has 6 rings (SSSR count). The van der Waals surface area contributed by atoms with Crippen molar-refractivity contribution in [3.63, 3.8) is 0 Å². The molecule has 0 heterocycles. The molecule has 168 valence electrons. The molecule has 0 fully saturated rings. The molecule has 5 aromatic carbocycles. The molecule has 0 unspecified atom stereocenters. The molecule has 35 heavy (non-hydrogen) atoms. The molecule has 0 saturated carbocycles. The Hall–Kier alpha value is -3.40. The van der Waals surface area contributed by atoms with Crippen molar-refractivity contribution < 1.29 is 5.11 Å². The third-order valence-corrected chi connectivity index (χ3v) is 19.8. The summed E-state index contributed by atoms with van der Waals surface area (Å²) in [5.74, 6) is 0. The van der Waals surface area contributed by atoms with Crippen LogP contribution in [-0.4, -0.2) is 23.5 Å². The second-order valence-electron chi connectivity index (χ2n) is 9.10. The number of aliphatic hydroxyl groups is 1. The van der Waals surface area contributed by atoms with Crippen molar-refractivity contribution >= 4 is 29.1 Å². The van der Waals surface area contributed by atoms with Crippen LogP contribution in [0.2, 0.25) is 0 Å². The monoisotopic (exact) mass is 558 g/mol. The zero-order valence-corrected chi connectivity index (χ0v) is 22.2. The Morgan fingerprint density at radius 2 is 0.800 bits per heavy atom. The molecule has 1 aliphatic rings. The third-order valence-electron chi connectivity index (χ3n) is 7.23. The summed E-state index contributed by atoms with van der Waals surface area (Å²) in [6, 6.07) is 49.1. The molecular formula is C33H26OSn. The van der Waals surface area contributed by atoms with Gasteiger partial charge in [0, 0.05) is 0 Å². The molecule has 1 aliphatic carbocycles. The van der Waals surface area contributed by atoms with Crippen LogP contribution in [0.3, 0.4) is 0 Å². The first-order valence-corrected chi connectivity index (χ1v) is 18.0. The van der Waals surface area contributed by atoms with Crippen LogP contribution in [0.15, 0.2) is 150 Å². The van der Waals surface area contributed by atoms with E-state index in [0.29, 0.717) is 0 Å². The molecule has 0 saturated heterocycles. The summed E-state index contributed by atoms with van der Waals surface area (Å²) in [4.78, 5) is 0. The summed E-state index contributed by atoms with van der Waals surface area (Å²) < 4.78 is 6.49. The summed E-state index contributed by atoms with van der Waals surface area (Å²) in [6.45, 7) is 0. The van der Waals surface area contributed by atoms with E-state index in [2.05, 4.69) is 125 Å². The van der Waals surface area contributed by atoms with Gasteiger partial charge in [-0.3, -0.25) is 0 Å². The SMILES string of the molecule is OC1(/C=[CH]/[Sn]([c]2ccccc2)([c]2ccccc2)[c]2ccccc2)c2ccccc2-c2ccccc21. The second kappa shape index (κ2) is 8.99. The van der Waals surface area contributed by atoms with Gasteiger partial charge in [-0.2, -0.15) is 0 Å². The summed E-state index contributed by atoms with van der Waals surface area (Å²) in [5.41, 5.74) is 2.94. The van der Waals surface area contributed by atoms with Crippen molar-refractivity contribution in [2.24, 2.45) is 0 Å². The van der Waals surface area contributed by atoms with E-state index in [0.717, 1.165) is 22.3 Å². The van der Waals surface area contributed by atoms with Crippen LogP contribution in [-0.2, 0) is 5.60 Å². The fourth-order valence-corrected chi connectivity index (χ4v) is 17.6. The van der Waals surface area contributed by atoms with Crippen LogP contribution in [0.1, 0.15) is 11.1 Å². The van der Waals surface area contributed by atoms with Crippen LogP contribution in [0.25, 0.3) is 11.1 Å². The number of rotatable bonds is 5. The van der Waals surface area contributed by atoms with E-state index in [1.807, 2.05) is 24.3 Å². The first kappa shape index (κ1) is 22.1. The number of hydrogen-bond acceptors (Lipinski definition) is 1. The fourth-order valence-electron chi connectivity index (χ4n) is 5.56. The van der Waals surface area contributed by atoms with E-state index >= 15 is 0 Å². The van der Waals surface area contributed by atoms with Gasteiger partial charge in [0.15, 0.2) is 0 Å². The Bertz CT molecular complexity index is 1350. The van der Waals surface area contributed by atoms with Gasteiger partial charge in [0.05, 0.1) is 0 Å². The molecule has 0 atom stereocenters. The molecule has 0 aliphatic heterocycles. The number of benzene rings is 5. The molecule has 0 bridgehead atoms. The third kappa shape index (κ3) is 3.58. The number of fused-ring (bicyclic) bond motifs is 3. The van der Waals surface area contributed by atoms with Gasteiger partial charge in [-0.05, 0) is 0 Å². The van der Waals surface area contributed by atoms with Gasteiger partial charge >= 0.3 is 212 Å². The summed E-state index contributed by atoms with van der Waals surface area (Å²) in [7, 11) is 0. The van der Waals surface area contributed by atoms with Crippen LogP contribution < -0.4 is 10.7 Å². The Balaban J connectivity index is 1.64. The standard InChI is InChI=1S/C15H11O.3C6H5.Sn/c1-2-15(16)13-9-5-3-7-11(13)12-8-4-6-10-14(12)15;3*1-2-4-6-5-3-1;/h1-10,16H;3*1-5H;. The average Bonchev–Trinajstić information content (AvgIpc) is 3.20. The minimum absolute atomic E-state index is 0.951. The van der Waals surface area contributed by atoms with Crippen molar-refractivity contribution in [1.29, 1.82) is 0 Å². The zero-order valence-electron chi connectivity index (χ0n) is 19.4. The van der Waals surface area contributed by atoms with E-state index in [4.69, 9.17) is 0 Å². The Morgan fingerprint density at radius 3 is 1.20 bits per heavy atom. The predicted octanol–water partition coefficient (Wildman–Crippen LogP) is 5.17. The predicted molar refractivity (Wildman–Crippen MR) is 148 cm³/mol. The van der Waals surface area contributed by atoms with Crippen LogP contribution in [0.5, 0.6) is 0 Å². The van der Waals surface area contributed by atoms with Crippen molar-refractivity contribution in [2.75, 3.05) is 0 Å². The van der Waals surface area contributed by atoms with Crippen molar-refractivity contribution in [3.05, 3.63) is 161 Å². The van der Waals surface area contributed by atoms with E-state index < -0.39 is 24.0 Å². The van der Waals surface area contributed by atoms with Gasteiger partial charge in [0.1, 0.15) is 0 Å². The fraction of sp³-hybridized carbons (Fsp3) is 0.0303. The molecular weight excluding hydrogens is 531 g/mol. The molecule has 0 spiro atoms. The van der Waals surface area contributed by atoms with Gasteiger partial charge in [-0.1, -0.05) is 0 Å². The van der Waals surface area contributed by atoms with E-state index in [9.17, 15) is 5.11 Å². The van der Waals surface area contributed by atoms with Gasteiger partial charge in [-0.15, -0.1) is 0 Å². The first-order valence-electron chi connectivity index (χ1n) is 12.0. The van der Waals surface area contributed by atoms with E-state index in [1.165, 1.54) is 10.7 Å². The summed E-state index contributed by atoms with van der Waals surface area (Å²) >= 11 is -3.67. The van der Waals surface area contributed by atoms with Crippen LogP contribution >= 0.6 is 0 Å². The van der Waals surface area contributed by atoms with Crippen molar-refractivity contribution in [2.45, 2.75) is 5.60 Å². The van der Waals surface area contributed by atoms with Crippen molar-refractivity contribution in [3.8, 4) is 11.1 Å². The molecule has 1 nitrogen and oxygen atoms in total. The molecule has 0 radical (unpaired) electrons. The Labute approximate surface area is 210 Å². The van der Waals surface area contributed by atoms with E-state index in [-0.39, 0.29) is 0 Å². The normalized spacial score (nSPS) is 14.0. The van der Waals surface area contributed by atoms with Crippen LogP contribution in [0, 0.1) is 0 Å². The van der Waals surface area contributed by atoms with Gasteiger partial charge in [0.2, 0.25) is 0 Å². The number of hydrogen-bond donors (Lipinski definition) is 1. The van der Waals surface area contributed by atoms with Gasteiger partial charge in [0.25, 0.3) is 0 Å². The molecule has 0 amide bonds. The Morgan fingerprint density at radius 1 is 0.457 bits per heavy atom. The topological polar surface area (TPSA) is 20.2 Å². The average molecular weight is 557 g/mol.